The standard InChI is InChI=1S/C21H21OP/c1-23(2,22)21(18-12-6-3-7-13-18,19-14-8-4-9-15-19)20-16-10-5-11-17-20/h3-17H,1-2H3. The molecule has 0 bridgehead atoms. The maximum Gasteiger partial charge on any atom is 0.100 e. The molecule has 0 heterocycles. The van der Waals surface area contributed by atoms with Crippen LogP contribution >= 0.6 is 7.14 Å². The zero-order valence-corrected chi connectivity index (χ0v) is 14.4. The van der Waals surface area contributed by atoms with Crippen LogP contribution in [0.2, 0.25) is 0 Å². The molecule has 1 nitrogen and oxygen atoms in total. The molecular weight excluding hydrogens is 299 g/mol. The highest BCUT2D eigenvalue weighted by Gasteiger charge is 2.46. The van der Waals surface area contributed by atoms with E-state index in [1.807, 2.05) is 67.9 Å². The summed E-state index contributed by atoms with van der Waals surface area (Å²) in [4.78, 5) is 0. The molecule has 0 spiro atoms. The van der Waals surface area contributed by atoms with Gasteiger partial charge in [-0.2, -0.15) is 0 Å². The van der Waals surface area contributed by atoms with Gasteiger partial charge in [-0.25, -0.2) is 0 Å². The van der Waals surface area contributed by atoms with Crippen molar-refractivity contribution in [2.24, 2.45) is 0 Å². The minimum Gasteiger partial charge on any atom is -0.323 e. The van der Waals surface area contributed by atoms with Gasteiger partial charge in [0, 0.05) is 0 Å². The quantitative estimate of drug-likeness (QED) is 0.451. The number of hydrogen-bond acceptors (Lipinski definition) is 1. The molecule has 23 heavy (non-hydrogen) atoms. The molecular formula is C21H21OP. The third kappa shape index (κ3) is 2.66. The summed E-state index contributed by atoms with van der Waals surface area (Å²) in [7, 11) is -2.57. The number of rotatable bonds is 4. The van der Waals surface area contributed by atoms with Crippen molar-refractivity contribution in [2.75, 3.05) is 13.3 Å². The second-order valence-electron chi connectivity index (χ2n) is 6.16. The van der Waals surface area contributed by atoms with E-state index in [2.05, 4.69) is 36.4 Å². The van der Waals surface area contributed by atoms with E-state index in [0.29, 0.717) is 0 Å². The Morgan fingerprint density at radius 3 is 1.04 bits per heavy atom. The van der Waals surface area contributed by atoms with Crippen LogP contribution in [0.1, 0.15) is 16.7 Å². The Labute approximate surface area is 138 Å². The highest BCUT2D eigenvalue weighted by atomic mass is 31.2. The smallest absolute Gasteiger partial charge is 0.100 e. The molecule has 0 atom stereocenters. The molecule has 3 aromatic carbocycles. The molecule has 0 N–H and O–H groups in total. The lowest BCUT2D eigenvalue weighted by Crippen LogP contribution is -2.29. The van der Waals surface area contributed by atoms with Gasteiger partial charge in [0.2, 0.25) is 0 Å². The molecule has 0 unspecified atom stereocenters. The largest absolute Gasteiger partial charge is 0.323 e. The van der Waals surface area contributed by atoms with Gasteiger partial charge < -0.3 is 4.57 Å². The van der Waals surface area contributed by atoms with Crippen LogP contribution in [-0.2, 0) is 9.72 Å². The van der Waals surface area contributed by atoms with Crippen LogP contribution in [0.4, 0.5) is 0 Å². The Balaban J connectivity index is 2.44. The van der Waals surface area contributed by atoms with Crippen molar-refractivity contribution in [1.82, 2.24) is 0 Å². The summed E-state index contributed by atoms with van der Waals surface area (Å²) in [6.07, 6.45) is 0. The second-order valence-corrected chi connectivity index (χ2v) is 9.53. The minimum absolute atomic E-state index is 0.628. The molecule has 0 amide bonds. The van der Waals surface area contributed by atoms with Gasteiger partial charge in [0.05, 0.1) is 5.16 Å². The van der Waals surface area contributed by atoms with Crippen molar-refractivity contribution < 1.29 is 4.57 Å². The Hall–Kier alpha value is -2.11. The number of benzene rings is 3. The molecule has 0 radical (unpaired) electrons. The van der Waals surface area contributed by atoms with Crippen molar-refractivity contribution in [3.63, 3.8) is 0 Å². The van der Waals surface area contributed by atoms with E-state index >= 15 is 0 Å². The first kappa shape index (κ1) is 15.8. The van der Waals surface area contributed by atoms with Crippen molar-refractivity contribution in [2.45, 2.75) is 5.16 Å². The van der Waals surface area contributed by atoms with Gasteiger partial charge in [-0.1, -0.05) is 91.0 Å². The Kier molecular flexibility index (Phi) is 4.24. The van der Waals surface area contributed by atoms with Gasteiger partial charge in [-0.15, -0.1) is 0 Å². The Morgan fingerprint density at radius 1 is 0.565 bits per heavy atom. The summed E-state index contributed by atoms with van der Waals surface area (Å²) >= 11 is 0. The summed E-state index contributed by atoms with van der Waals surface area (Å²) in [5, 5.41) is -0.628. The summed E-state index contributed by atoms with van der Waals surface area (Å²) in [6.45, 7) is 3.78. The second kappa shape index (κ2) is 6.18. The lowest BCUT2D eigenvalue weighted by atomic mass is 9.84. The van der Waals surface area contributed by atoms with Crippen LogP contribution < -0.4 is 0 Å². The lowest BCUT2D eigenvalue weighted by molar-refractivity contribution is 0.566. The van der Waals surface area contributed by atoms with E-state index in [1.54, 1.807) is 0 Å². The normalized spacial score (nSPS) is 12.1. The predicted molar refractivity (Wildman–Crippen MR) is 98.7 cm³/mol. The fourth-order valence-electron chi connectivity index (χ4n) is 3.47. The van der Waals surface area contributed by atoms with Crippen LogP contribution in [-0.4, -0.2) is 13.3 Å². The summed E-state index contributed by atoms with van der Waals surface area (Å²) < 4.78 is 13.6. The lowest BCUT2D eigenvalue weighted by Gasteiger charge is -2.39. The maximum atomic E-state index is 13.6. The summed E-state index contributed by atoms with van der Waals surface area (Å²) in [5.41, 5.74) is 3.22. The predicted octanol–water partition coefficient (Wildman–Crippen LogP) is 5.60. The van der Waals surface area contributed by atoms with Gasteiger partial charge in [-0.05, 0) is 30.0 Å². The summed E-state index contributed by atoms with van der Waals surface area (Å²) in [6, 6.07) is 30.6. The molecule has 0 aromatic heterocycles. The van der Waals surface area contributed by atoms with Gasteiger partial charge in [-0.3, -0.25) is 0 Å². The van der Waals surface area contributed by atoms with E-state index in [1.165, 1.54) is 0 Å². The number of hydrogen-bond donors (Lipinski definition) is 0. The molecule has 2 heteroatoms. The van der Waals surface area contributed by atoms with E-state index in [0.717, 1.165) is 16.7 Å². The van der Waals surface area contributed by atoms with E-state index in [-0.39, 0.29) is 0 Å². The molecule has 116 valence electrons. The highest BCUT2D eigenvalue weighted by molar-refractivity contribution is 7.64. The molecule has 0 aliphatic rings. The van der Waals surface area contributed by atoms with Crippen molar-refractivity contribution >= 4 is 7.14 Å². The summed E-state index contributed by atoms with van der Waals surface area (Å²) in [5.74, 6) is 0. The maximum absolute atomic E-state index is 13.6. The van der Waals surface area contributed by atoms with Crippen LogP contribution in [0.3, 0.4) is 0 Å². The van der Waals surface area contributed by atoms with Gasteiger partial charge >= 0.3 is 0 Å². The van der Waals surface area contributed by atoms with Crippen LogP contribution in [0.25, 0.3) is 0 Å². The van der Waals surface area contributed by atoms with Crippen molar-refractivity contribution in [1.29, 1.82) is 0 Å². The van der Waals surface area contributed by atoms with Gasteiger partial charge in [0.25, 0.3) is 0 Å². The van der Waals surface area contributed by atoms with Gasteiger partial charge in [0.1, 0.15) is 7.14 Å². The zero-order chi connectivity index (χ0) is 16.3. The topological polar surface area (TPSA) is 17.1 Å². The molecule has 0 saturated heterocycles. The third-order valence-electron chi connectivity index (χ3n) is 4.38. The fourth-order valence-corrected chi connectivity index (χ4v) is 5.78. The van der Waals surface area contributed by atoms with Crippen molar-refractivity contribution in [3.8, 4) is 0 Å². The molecule has 0 saturated carbocycles. The average molecular weight is 320 g/mol. The molecule has 3 aromatic rings. The SMILES string of the molecule is CP(C)(=O)C(c1ccccc1)(c1ccccc1)c1ccccc1. The van der Waals surface area contributed by atoms with Crippen LogP contribution in [0, 0.1) is 0 Å². The van der Waals surface area contributed by atoms with E-state index in [9.17, 15) is 4.57 Å². The Bertz CT molecular complexity index is 708. The van der Waals surface area contributed by atoms with Crippen molar-refractivity contribution in [3.05, 3.63) is 108 Å². The molecule has 3 rings (SSSR count). The van der Waals surface area contributed by atoms with Crippen LogP contribution in [0.5, 0.6) is 0 Å². The molecule has 0 aliphatic heterocycles. The first-order valence-electron chi connectivity index (χ1n) is 7.78. The third-order valence-corrected chi connectivity index (χ3v) is 6.77. The first-order valence-corrected chi connectivity index (χ1v) is 10.4. The Morgan fingerprint density at radius 2 is 0.826 bits per heavy atom. The first-order chi connectivity index (χ1) is 11.1. The molecule has 0 fully saturated rings. The average Bonchev–Trinajstić information content (AvgIpc) is 2.57. The minimum atomic E-state index is -2.57. The molecule has 0 aliphatic carbocycles. The van der Waals surface area contributed by atoms with Crippen LogP contribution in [0.15, 0.2) is 91.0 Å². The van der Waals surface area contributed by atoms with E-state index < -0.39 is 12.3 Å². The van der Waals surface area contributed by atoms with E-state index in [4.69, 9.17) is 0 Å². The zero-order valence-electron chi connectivity index (χ0n) is 13.5. The fraction of sp³-hybridized carbons (Fsp3) is 0.143. The van der Waals surface area contributed by atoms with Gasteiger partial charge in [0.15, 0.2) is 0 Å². The monoisotopic (exact) mass is 320 g/mol. The highest BCUT2D eigenvalue weighted by Crippen LogP contribution is 2.64.